The molecule has 0 heterocycles. The third kappa shape index (κ3) is 16.5. The summed E-state index contributed by atoms with van der Waals surface area (Å²) >= 11 is 0. The van der Waals surface area contributed by atoms with Gasteiger partial charge in [-0.25, -0.2) is 13.6 Å². The molecule has 41 heavy (non-hydrogen) atoms. The van der Waals surface area contributed by atoms with E-state index >= 15 is 0 Å². The third-order valence-corrected chi connectivity index (χ3v) is 6.29. The molecule has 228 valence electrons. The fourth-order valence-corrected chi connectivity index (χ4v) is 3.82. The van der Waals surface area contributed by atoms with Gasteiger partial charge in [-0.3, -0.25) is 9.59 Å². The highest BCUT2D eigenvalue weighted by molar-refractivity contribution is 7.89. The Bertz CT molecular complexity index is 1200. The summed E-state index contributed by atoms with van der Waals surface area (Å²) in [6, 6.07) is 13.4. The Balaban J connectivity index is 0.00000106. The van der Waals surface area contributed by atoms with Crippen LogP contribution >= 0.6 is 0 Å². The van der Waals surface area contributed by atoms with E-state index < -0.39 is 22.2 Å². The van der Waals surface area contributed by atoms with Crippen LogP contribution in [0.5, 0.6) is 5.75 Å². The lowest BCUT2D eigenvalue weighted by molar-refractivity contribution is -0.344. The van der Waals surface area contributed by atoms with Gasteiger partial charge < -0.3 is 25.1 Å². The van der Waals surface area contributed by atoms with Gasteiger partial charge in [-0.2, -0.15) is 13.2 Å². The summed E-state index contributed by atoms with van der Waals surface area (Å²) in [6.45, 7) is 1.97. The molecule has 0 spiro atoms. The molecule has 0 bridgehead atoms. The summed E-state index contributed by atoms with van der Waals surface area (Å²) < 4.78 is 65.1. The third-order valence-electron chi connectivity index (χ3n) is 5.37. The summed E-state index contributed by atoms with van der Waals surface area (Å²) in [5.74, 6) is -2.03. The van der Waals surface area contributed by atoms with Crippen LogP contribution in [0.25, 0.3) is 0 Å². The normalized spacial score (nSPS) is 11.3. The number of aliphatic carboxylic acids is 1. The lowest BCUT2D eigenvalue weighted by Gasteiger charge is -2.08. The smallest absolute Gasteiger partial charge is 0.430 e. The van der Waals surface area contributed by atoms with Crippen molar-refractivity contribution in [3.63, 3.8) is 0 Å². The van der Waals surface area contributed by atoms with Crippen LogP contribution in [0.4, 0.5) is 13.2 Å². The zero-order valence-electron chi connectivity index (χ0n) is 22.4. The van der Waals surface area contributed by atoms with Crippen LogP contribution in [-0.2, 0) is 42.0 Å². The van der Waals surface area contributed by atoms with Crippen LogP contribution in [0, 0.1) is 0 Å². The van der Waals surface area contributed by atoms with Crippen LogP contribution in [0.1, 0.15) is 43.2 Å². The Labute approximate surface area is 236 Å². The van der Waals surface area contributed by atoms with Gasteiger partial charge >= 0.3 is 6.18 Å². The van der Waals surface area contributed by atoms with Gasteiger partial charge in [-0.05, 0) is 54.7 Å². The largest absolute Gasteiger partial charge is 0.542 e. The number of Topliss-reactive ketones (excluding diaryl/α,β-unsaturated/α-hetero) is 2. The number of hydrogen-bond acceptors (Lipinski definition) is 9. The maximum atomic E-state index is 12.3. The van der Waals surface area contributed by atoms with E-state index in [-0.39, 0.29) is 29.3 Å². The zero-order chi connectivity index (χ0) is 30.9. The number of sulfonamides is 1. The van der Waals surface area contributed by atoms with Gasteiger partial charge in [-0.1, -0.05) is 24.3 Å². The molecule has 2 rings (SSSR count). The summed E-state index contributed by atoms with van der Waals surface area (Å²) in [5, 5.41) is 13.9. The number of carboxylic acid groups (broad SMARTS) is 1. The molecule has 0 aromatic heterocycles. The van der Waals surface area contributed by atoms with Crippen molar-refractivity contribution in [2.24, 2.45) is 10.9 Å². The van der Waals surface area contributed by atoms with E-state index in [1.165, 1.54) is 12.1 Å². The summed E-state index contributed by atoms with van der Waals surface area (Å²) in [6.07, 6.45) is -1.08. The second-order valence-corrected chi connectivity index (χ2v) is 10.4. The molecule has 0 unspecified atom stereocenters. The van der Waals surface area contributed by atoms with Crippen LogP contribution in [-0.4, -0.2) is 58.5 Å². The molecule has 0 aliphatic carbocycles. The number of unbranched alkanes of at least 4 members (excludes halogenated alkanes) is 2. The Morgan fingerprint density at radius 2 is 1.32 bits per heavy atom. The lowest BCUT2D eigenvalue weighted by atomic mass is 10.0. The number of primary sulfonamides is 1. The first kappa shape index (κ1) is 35.7. The number of carboxylic acids is 1. The topological polar surface area (TPSA) is 179 Å². The molecule has 2 aromatic rings. The molecule has 14 heteroatoms. The SMILES string of the molecule is NCCOCCC(=O)CCCCCOc1ccc(CC(=O)Cc2ccc(S(N)(=O)=O)cc2)cc1.O=C([O-])C(F)(F)F. The molecule has 0 saturated heterocycles. The zero-order valence-corrected chi connectivity index (χ0v) is 23.2. The fraction of sp³-hybridized carbons (Fsp3) is 0.444. The molecule has 0 atom stereocenters. The summed E-state index contributed by atoms with van der Waals surface area (Å²) in [7, 11) is -3.74. The molecular formula is C27H34F3N2O8S-. The molecule has 0 amide bonds. The number of carbonyl (C=O) groups excluding carboxylic acids is 3. The number of hydrogen-bond donors (Lipinski definition) is 2. The van der Waals surface area contributed by atoms with E-state index in [1.807, 2.05) is 24.3 Å². The van der Waals surface area contributed by atoms with E-state index in [1.54, 1.807) is 12.1 Å². The number of ketones is 2. The van der Waals surface area contributed by atoms with E-state index in [2.05, 4.69) is 0 Å². The first-order valence-electron chi connectivity index (χ1n) is 12.6. The quantitative estimate of drug-likeness (QED) is 0.255. The van der Waals surface area contributed by atoms with E-state index in [4.69, 9.17) is 30.2 Å². The second kappa shape index (κ2) is 18.2. The Kier molecular flexibility index (Phi) is 15.8. The molecule has 4 N–H and O–H groups in total. The highest BCUT2D eigenvalue weighted by Crippen LogP contribution is 2.15. The molecule has 0 fully saturated rings. The molecule has 0 radical (unpaired) electrons. The average Bonchev–Trinajstić information content (AvgIpc) is 2.89. The van der Waals surface area contributed by atoms with E-state index in [0.717, 1.165) is 36.1 Å². The second-order valence-electron chi connectivity index (χ2n) is 8.86. The molecule has 2 aromatic carbocycles. The molecule has 0 aliphatic heterocycles. The van der Waals surface area contributed by atoms with Crippen LogP contribution in [0.2, 0.25) is 0 Å². The van der Waals surface area contributed by atoms with Crippen molar-refractivity contribution in [2.75, 3.05) is 26.4 Å². The fourth-order valence-electron chi connectivity index (χ4n) is 3.31. The van der Waals surface area contributed by atoms with E-state index in [9.17, 15) is 31.2 Å². The first-order chi connectivity index (χ1) is 19.2. The van der Waals surface area contributed by atoms with Crippen molar-refractivity contribution in [1.29, 1.82) is 0 Å². The lowest BCUT2D eigenvalue weighted by Crippen LogP contribution is -2.37. The van der Waals surface area contributed by atoms with Crippen molar-refractivity contribution in [3.05, 3.63) is 59.7 Å². The number of alkyl halides is 3. The highest BCUT2D eigenvalue weighted by atomic mass is 32.2. The monoisotopic (exact) mass is 603 g/mol. The first-order valence-corrected chi connectivity index (χ1v) is 14.2. The van der Waals surface area contributed by atoms with Gasteiger partial charge in [0.2, 0.25) is 10.0 Å². The van der Waals surface area contributed by atoms with Crippen molar-refractivity contribution >= 4 is 27.6 Å². The van der Waals surface area contributed by atoms with Gasteiger partial charge in [0.25, 0.3) is 0 Å². The van der Waals surface area contributed by atoms with Crippen molar-refractivity contribution in [3.8, 4) is 5.75 Å². The highest BCUT2D eigenvalue weighted by Gasteiger charge is 2.28. The minimum atomic E-state index is -5.19. The Morgan fingerprint density at radius 1 is 0.780 bits per heavy atom. The maximum Gasteiger partial charge on any atom is 0.430 e. The predicted molar refractivity (Wildman–Crippen MR) is 141 cm³/mol. The molecule has 0 saturated carbocycles. The van der Waals surface area contributed by atoms with Crippen LogP contribution in [0.3, 0.4) is 0 Å². The van der Waals surface area contributed by atoms with Crippen molar-refractivity contribution < 1.29 is 50.6 Å². The number of halogens is 3. The summed E-state index contributed by atoms with van der Waals surface area (Å²) in [5.41, 5.74) is 6.94. The molecular weight excluding hydrogens is 569 g/mol. The van der Waals surface area contributed by atoms with Gasteiger partial charge in [0.15, 0.2) is 0 Å². The number of carbonyl (C=O) groups is 3. The number of ether oxygens (including phenoxy) is 2. The summed E-state index contributed by atoms with van der Waals surface area (Å²) in [4.78, 5) is 32.9. The van der Waals surface area contributed by atoms with E-state index in [0.29, 0.717) is 39.2 Å². The molecule has 10 nitrogen and oxygen atoms in total. The Hall–Kier alpha value is -3.33. The number of nitrogens with two attached hydrogens (primary N) is 2. The Morgan fingerprint density at radius 3 is 1.80 bits per heavy atom. The number of rotatable bonds is 17. The van der Waals surface area contributed by atoms with Crippen LogP contribution in [0.15, 0.2) is 53.4 Å². The predicted octanol–water partition coefficient (Wildman–Crippen LogP) is 1.86. The number of benzene rings is 2. The van der Waals surface area contributed by atoms with Crippen molar-refractivity contribution in [1.82, 2.24) is 0 Å². The minimum Gasteiger partial charge on any atom is -0.542 e. The van der Waals surface area contributed by atoms with Crippen molar-refractivity contribution in [2.45, 2.75) is 56.0 Å². The van der Waals surface area contributed by atoms with Gasteiger partial charge in [0, 0.05) is 32.2 Å². The minimum absolute atomic E-state index is 0.0249. The molecule has 0 aliphatic rings. The average molecular weight is 604 g/mol. The van der Waals surface area contributed by atoms with Gasteiger partial charge in [-0.15, -0.1) is 0 Å². The van der Waals surface area contributed by atoms with Crippen LogP contribution < -0.4 is 20.7 Å². The standard InChI is InChI=1S/C25H34N2O6S.C2HF3O2/c26-14-17-32-16-13-22(28)4-2-1-3-15-33-24-9-5-20(6-10-24)18-23(29)19-21-7-11-25(12-8-21)34(27,30)31;3-2(4,5)1(6)7/h5-12H,1-4,13-19,26H2,(H2,27,30,31);(H,6,7)/p-1. The van der Waals surface area contributed by atoms with Gasteiger partial charge in [0.05, 0.1) is 24.7 Å². The van der Waals surface area contributed by atoms with Gasteiger partial charge in [0.1, 0.15) is 23.3 Å². The maximum absolute atomic E-state index is 12.3.